The van der Waals surface area contributed by atoms with Crippen molar-refractivity contribution < 1.29 is 28.2 Å². The average Bonchev–Trinajstić information content (AvgIpc) is 2.47. The van der Waals surface area contributed by atoms with Crippen molar-refractivity contribution in [3.05, 3.63) is 48.0 Å². The molecule has 0 atom stereocenters. The molecule has 2 rings (SSSR count). The van der Waals surface area contributed by atoms with Gasteiger partial charge in [-0.3, -0.25) is 4.72 Å². The summed E-state index contributed by atoms with van der Waals surface area (Å²) in [6.07, 6.45) is 0. The van der Waals surface area contributed by atoms with E-state index < -0.39 is 27.3 Å². The molecule has 7 nitrogen and oxygen atoms in total. The fourth-order valence-electron chi connectivity index (χ4n) is 1.86. The van der Waals surface area contributed by atoms with Crippen molar-refractivity contribution in [1.82, 2.24) is 0 Å². The monoisotopic (exact) mass is 336 g/mol. The summed E-state index contributed by atoms with van der Waals surface area (Å²) in [4.78, 5) is 10.8. The zero-order chi connectivity index (χ0) is 17.0. The lowest BCUT2D eigenvalue weighted by Gasteiger charge is -2.14. The third-order valence-electron chi connectivity index (χ3n) is 2.91. The lowest BCUT2D eigenvalue weighted by Crippen LogP contribution is -2.13. The first-order valence-electron chi connectivity index (χ1n) is 6.63. The summed E-state index contributed by atoms with van der Waals surface area (Å²) in [7, 11) is -3.89. The van der Waals surface area contributed by atoms with Gasteiger partial charge >= 0.3 is 5.97 Å². The molecule has 2 aromatic rings. The number of carbonyl (C=O) groups is 1. The number of ether oxygens (including phenoxy) is 1. The lowest BCUT2D eigenvalue weighted by atomic mass is 10.2. The molecule has 0 aromatic heterocycles. The molecule has 0 saturated carbocycles. The highest BCUT2D eigenvalue weighted by Gasteiger charge is 2.15. The molecule has 2 N–H and O–H groups in total. The van der Waals surface area contributed by atoms with Crippen molar-refractivity contribution in [2.24, 2.45) is 0 Å². The van der Waals surface area contributed by atoms with Crippen LogP contribution in [0.3, 0.4) is 0 Å². The van der Waals surface area contributed by atoms with Gasteiger partial charge in [0.1, 0.15) is 5.75 Å². The summed E-state index contributed by atoms with van der Waals surface area (Å²) < 4.78 is 31.9. The van der Waals surface area contributed by atoms with Crippen molar-refractivity contribution in [2.45, 2.75) is 11.8 Å². The molecule has 23 heavy (non-hydrogen) atoms. The second-order valence-electron chi connectivity index (χ2n) is 4.53. The highest BCUT2D eigenvalue weighted by molar-refractivity contribution is 7.92. The summed E-state index contributed by atoms with van der Waals surface area (Å²) >= 11 is 0. The molecule has 0 unspecified atom stereocenters. The number of aromatic carboxylic acids is 1. The fourth-order valence-corrected chi connectivity index (χ4v) is 2.91. The number of hydrogen-bond acceptors (Lipinski definition) is 5. The van der Waals surface area contributed by atoms with Crippen LogP contribution in [0.1, 0.15) is 17.3 Å². The quantitative estimate of drug-likeness (QED) is 0.829. The third kappa shape index (κ3) is 3.92. The summed E-state index contributed by atoms with van der Waals surface area (Å²) in [6.45, 7) is 2.28. The van der Waals surface area contributed by atoms with Gasteiger partial charge in [-0.2, -0.15) is 0 Å². The number of carboxylic acid groups (broad SMARTS) is 1. The maximum Gasteiger partial charge on any atom is 0.335 e. The molecule has 2 aromatic carbocycles. The Hall–Kier alpha value is -2.74. The number of hydrogen-bond donors (Lipinski definition) is 2. The van der Waals surface area contributed by atoms with Gasteiger partial charge in [0.15, 0.2) is 0 Å². The Kier molecular flexibility index (Phi) is 4.75. The highest BCUT2D eigenvalue weighted by Crippen LogP contribution is 2.23. The van der Waals surface area contributed by atoms with E-state index >= 15 is 0 Å². The fraction of sp³-hybridized carbons (Fsp3) is 0.133. The van der Waals surface area contributed by atoms with E-state index in [1.165, 1.54) is 30.3 Å². The summed E-state index contributed by atoms with van der Waals surface area (Å²) in [5.74, 6) is -1.60. The minimum Gasteiger partial charge on any atom is -0.872 e. The summed E-state index contributed by atoms with van der Waals surface area (Å²) in [5.41, 5.74) is -0.428. The van der Waals surface area contributed by atoms with Crippen molar-refractivity contribution in [2.75, 3.05) is 11.3 Å². The van der Waals surface area contributed by atoms with Crippen LogP contribution in [0, 0.1) is 0 Å². The second-order valence-corrected chi connectivity index (χ2v) is 6.21. The number of sulfonamides is 1. The molecular formula is C15H14NO6S-. The van der Waals surface area contributed by atoms with Gasteiger partial charge in [0.05, 0.1) is 17.1 Å². The van der Waals surface area contributed by atoms with E-state index in [0.29, 0.717) is 12.4 Å². The van der Waals surface area contributed by atoms with Crippen LogP contribution in [0.4, 0.5) is 5.69 Å². The van der Waals surface area contributed by atoms with Crippen LogP contribution in [0.2, 0.25) is 0 Å². The molecule has 0 aliphatic carbocycles. The van der Waals surface area contributed by atoms with Crippen LogP contribution >= 0.6 is 0 Å². The van der Waals surface area contributed by atoms with Gasteiger partial charge < -0.3 is 14.9 Å². The van der Waals surface area contributed by atoms with Crippen LogP contribution in [-0.4, -0.2) is 26.1 Å². The largest absolute Gasteiger partial charge is 0.872 e. The highest BCUT2D eigenvalue weighted by atomic mass is 32.2. The molecule has 0 bridgehead atoms. The van der Waals surface area contributed by atoms with Gasteiger partial charge in [0.25, 0.3) is 10.0 Å². The van der Waals surface area contributed by atoms with Gasteiger partial charge in [-0.05, 0) is 49.4 Å². The van der Waals surface area contributed by atoms with E-state index in [-0.39, 0.29) is 10.6 Å². The molecule has 0 radical (unpaired) electrons. The smallest absolute Gasteiger partial charge is 0.335 e. The molecule has 0 heterocycles. The van der Waals surface area contributed by atoms with E-state index in [9.17, 15) is 18.3 Å². The van der Waals surface area contributed by atoms with Crippen LogP contribution in [0.15, 0.2) is 47.4 Å². The van der Waals surface area contributed by atoms with Crippen molar-refractivity contribution in [3.63, 3.8) is 0 Å². The first-order valence-corrected chi connectivity index (χ1v) is 8.12. The lowest BCUT2D eigenvalue weighted by molar-refractivity contribution is -0.268. The van der Waals surface area contributed by atoms with Crippen molar-refractivity contribution in [3.8, 4) is 11.5 Å². The SMILES string of the molecule is CCOc1ccc(S(=O)(=O)Nc2ccc(C(=O)O)c([O-])c2)cc1. The van der Waals surface area contributed by atoms with Crippen LogP contribution in [0.5, 0.6) is 11.5 Å². The Morgan fingerprint density at radius 3 is 2.39 bits per heavy atom. The minimum atomic E-state index is -3.89. The van der Waals surface area contributed by atoms with Gasteiger partial charge in [0, 0.05) is 5.69 Å². The van der Waals surface area contributed by atoms with Gasteiger partial charge in [0.2, 0.25) is 0 Å². The molecule has 0 spiro atoms. The van der Waals surface area contributed by atoms with E-state index in [1.54, 1.807) is 0 Å². The Morgan fingerprint density at radius 1 is 1.22 bits per heavy atom. The Labute approximate surface area is 133 Å². The predicted molar refractivity (Wildman–Crippen MR) is 81.3 cm³/mol. The van der Waals surface area contributed by atoms with Gasteiger partial charge in [-0.15, -0.1) is 0 Å². The van der Waals surface area contributed by atoms with Gasteiger partial charge in [-0.1, -0.05) is 5.75 Å². The summed E-state index contributed by atoms with van der Waals surface area (Å²) in [5, 5.41) is 20.4. The Balaban J connectivity index is 2.24. The van der Waals surface area contributed by atoms with E-state index in [2.05, 4.69) is 4.72 Å². The summed E-state index contributed by atoms with van der Waals surface area (Å²) in [6, 6.07) is 8.98. The molecule has 0 fully saturated rings. The van der Waals surface area contributed by atoms with Gasteiger partial charge in [-0.25, -0.2) is 13.2 Å². The first-order chi connectivity index (χ1) is 10.8. The molecular weight excluding hydrogens is 322 g/mol. The number of rotatable bonds is 6. The minimum absolute atomic E-state index is 0.00397. The number of anilines is 1. The zero-order valence-electron chi connectivity index (χ0n) is 12.1. The average molecular weight is 336 g/mol. The number of benzene rings is 2. The van der Waals surface area contributed by atoms with E-state index in [0.717, 1.165) is 12.1 Å². The Morgan fingerprint density at radius 2 is 1.87 bits per heavy atom. The topological polar surface area (TPSA) is 116 Å². The molecule has 0 saturated heterocycles. The van der Waals surface area contributed by atoms with E-state index in [4.69, 9.17) is 9.84 Å². The molecule has 8 heteroatoms. The maximum atomic E-state index is 12.2. The second kappa shape index (κ2) is 6.57. The standard InChI is InChI=1S/C15H15NO6S/c1-2-22-11-4-6-12(7-5-11)23(20,21)16-10-3-8-13(15(18)19)14(17)9-10/h3-9,16-17H,2H2,1H3,(H,18,19)/p-1. The van der Waals surface area contributed by atoms with Crippen LogP contribution in [-0.2, 0) is 10.0 Å². The third-order valence-corrected chi connectivity index (χ3v) is 4.31. The number of nitrogens with one attached hydrogen (secondary N) is 1. The first kappa shape index (κ1) is 16.6. The maximum absolute atomic E-state index is 12.2. The zero-order valence-corrected chi connectivity index (χ0v) is 13.0. The normalized spacial score (nSPS) is 11.0. The van der Waals surface area contributed by atoms with E-state index in [1.807, 2.05) is 6.92 Å². The molecule has 0 aliphatic heterocycles. The predicted octanol–water partition coefficient (Wildman–Crippen LogP) is 1.66. The molecule has 0 amide bonds. The number of carboxylic acids is 1. The van der Waals surface area contributed by atoms with Crippen molar-refractivity contribution >= 4 is 21.7 Å². The van der Waals surface area contributed by atoms with Crippen LogP contribution in [0.25, 0.3) is 0 Å². The molecule has 0 aliphatic rings. The molecule has 122 valence electrons. The van der Waals surface area contributed by atoms with Crippen LogP contribution < -0.4 is 14.6 Å². The van der Waals surface area contributed by atoms with Crippen molar-refractivity contribution in [1.29, 1.82) is 0 Å². The Bertz CT molecular complexity index is 814.